The van der Waals surface area contributed by atoms with Crippen LogP contribution in [0.4, 0.5) is 0 Å². The van der Waals surface area contributed by atoms with E-state index < -0.39 is 0 Å². The molecule has 5 heteroatoms. The van der Waals surface area contributed by atoms with Crippen molar-refractivity contribution in [2.45, 2.75) is 51.9 Å². The maximum Gasteiger partial charge on any atom is 0.306 e. The van der Waals surface area contributed by atoms with Gasteiger partial charge in [0.1, 0.15) is 0 Å². The lowest BCUT2D eigenvalue weighted by molar-refractivity contribution is -0.144. The number of hydrogen-bond donors (Lipinski definition) is 0. The predicted octanol–water partition coefficient (Wildman–Crippen LogP) is 3.80. The Labute approximate surface area is 143 Å². The van der Waals surface area contributed by atoms with Gasteiger partial charge in [-0.1, -0.05) is 17.3 Å². The first-order chi connectivity index (χ1) is 11.7. The molecule has 5 nitrogen and oxygen atoms in total. The number of ether oxygens (including phenoxy) is 1. The van der Waals surface area contributed by atoms with Crippen LogP contribution in [0.1, 0.15) is 56.2 Å². The zero-order chi connectivity index (χ0) is 16.9. The Bertz CT molecular complexity index is 670. The van der Waals surface area contributed by atoms with Crippen molar-refractivity contribution in [1.29, 1.82) is 0 Å². The molecule has 0 radical (unpaired) electrons. The number of carbonyl (C=O) groups is 1. The average Bonchev–Trinajstić information content (AvgIpc) is 3.02. The Morgan fingerprint density at radius 1 is 1.21 bits per heavy atom. The van der Waals surface area contributed by atoms with Crippen molar-refractivity contribution in [2.24, 2.45) is 5.92 Å². The number of benzene rings is 1. The van der Waals surface area contributed by atoms with E-state index in [1.54, 1.807) is 4.68 Å². The minimum atomic E-state index is -0.0478. The molecule has 0 amide bonds. The van der Waals surface area contributed by atoms with Gasteiger partial charge in [-0.3, -0.25) is 4.79 Å². The van der Waals surface area contributed by atoms with Crippen molar-refractivity contribution in [1.82, 2.24) is 15.0 Å². The van der Waals surface area contributed by atoms with Gasteiger partial charge in [0.15, 0.2) is 0 Å². The first-order valence-corrected chi connectivity index (χ1v) is 8.80. The molecule has 0 saturated heterocycles. The first-order valence-electron chi connectivity index (χ1n) is 8.80. The first kappa shape index (κ1) is 16.7. The molecule has 0 aliphatic heterocycles. The van der Waals surface area contributed by atoms with E-state index in [0.717, 1.165) is 37.1 Å². The second-order valence-corrected chi connectivity index (χ2v) is 6.62. The molecule has 1 heterocycles. The van der Waals surface area contributed by atoms with Crippen LogP contribution in [0.2, 0.25) is 0 Å². The van der Waals surface area contributed by atoms with Crippen molar-refractivity contribution < 1.29 is 9.53 Å². The molecule has 1 aromatic heterocycles. The molecule has 1 aromatic carbocycles. The largest absolute Gasteiger partial charge is 0.466 e. The maximum atomic E-state index is 11.6. The van der Waals surface area contributed by atoms with Crippen LogP contribution < -0.4 is 0 Å². The number of carbonyl (C=O) groups excluding carboxylic acids is 1. The molecular weight excluding hydrogens is 302 g/mol. The van der Waals surface area contributed by atoms with Crippen LogP contribution in [0.15, 0.2) is 30.5 Å². The van der Waals surface area contributed by atoms with Crippen LogP contribution in [0.5, 0.6) is 0 Å². The van der Waals surface area contributed by atoms with Gasteiger partial charge < -0.3 is 4.74 Å². The van der Waals surface area contributed by atoms with Crippen LogP contribution in [0, 0.1) is 12.8 Å². The van der Waals surface area contributed by atoms with Gasteiger partial charge in [0.05, 0.1) is 24.2 Å². The van der Waals surface area contributed by atoms with E-state index in [0.29, 0.717) is 24.9 Å². The minimum absolute atomic E-state index is 0.0478. The summed E-state index contributed by atoms with van der Waals surface area (Å²) in [4.78, 5) is 11.6. The van der Waals surface area contributed by atoms with Crippen molar-refractivity contribution in [3.63, 3.8) is 0 Å². The van der Waals surface area contributed by atoms with Crippen molar-refractivity contribution >= 4 is 5.97 Å². The minimum Gasteiger partial charge on any atom is -0.466 e. The van der Waals surface area contributed by atoms with E-state index in [-0.39, 0.29) is 5.97 Å². The summed E-state index contributed by atoms with van der Waals surface area (Å²) in [5.41, 5.74) is 3.33. The highest BCUT2D eigenvalue weighted by atomic mass is 16.5. The smallest absolute Gasteiger partial charge is 0.306 e. The number of rotatable bonds is 5. The quantitative estimate of drug-likeness (QED) is 0.784. The van der Waals surface area contributed by atoms with Crippen LogP contribution in [0.25, 0.3) is 5.69 Å². The number of hydrogen-bond acceptors (Lipinski definition) is 4. The summed E-state index contributed by atoms with van der Waals surface area (Å²) >= 11 is 0. The van der Waals surface area contributed by atoms with Crippen LogP contribution >= 0.6 is 0 Å². The lowest BCUT2D eigenvalue weighted by atomic mass is 9.77. The summed E-state index contributed by atoms with van der Waals surface area (Å²) in [5, 5.41) is 8.13. The highest BCUT2D eigenvalue weighted by molar-refractivity contribution is 5.69. The Hall–Kier alpha value is -2.17. The van der Waals surface area contributed by atoms with Gasteiger partial charge in [0, 0.05) is 6.42 Å². The lowest BCUT2D eigenvalue weighted by Crippen LogP contribution is -2.17. The normalized spacial score (nSPS) is 20.8. The summed E-state index contributed by atoms with van der Waals surface area (Å²) < 4.78 is 6.86. The van der Waals surface area contributed by atoms with E-state index in [1.807, 2.05) is 20.0 Å². The molecule has 0 N–H and O–H groups in total. The summed E-state index contributed by atoms with van der Waals surface area (Å²) in [6.07, 6.45) is 7.00. The van der Waals surface area contributed by atoms with E-state index in [2.05, 4.69) is 34.6 Å². The molecular formula is C19H25N3O2. The summed E-state index contributed by atoms with van der Waals surface area (Å²) in [6.45, 7) is 4.28. The fourth-order valence-electron chi connectivity index (χ4n) is 3.53. The molecule has 128 valence electrons. The van der Waals surface area contributed by atoms with Gasteiger partial charge in [0.25, 0.3) is 0 Å². The third-order valence-corrected chi connectivity index (χ3v) is 4.84. The monoisotopic (exact) mass is 327 g/mol. The number of nitrogens with zero attached hydrogens (tertiary/aromatic N) is 3. The van der Waals surface area contributed by atoms with Gasteiger partial charge in [-0.05, 0) is 69.1 Å². The number of esters is 1. The Kier molecular flexibility index (Phi) is 5.28. The fourth-order valence-corrected chi connectivity index (χ4v) is 3.53. The molecule has 1 saturated carbocycles. The van der Waals surface area contributed by atoms with Gasteiger partial charge in [-0.15, -0.1) is 5.10 Å². The fraction of sp³-hybridized carbons (Fsp3) is 0.526. The molecule has 3 rings (SSSR count). The van der Waals surface area contributed by atoms with Crippen LogP contribution in [-0.2, 0) is 9.53 Å². The van der Waals surface area contributed by atoms with Crippen LogP contribution in [-0.4, -0.2) is 27.6 Å². The molecule has 0 atom stereocenters. The SMILES string of the molecule is CCOC(=O)CC1CCC(c2ccc(-n3cc(C)nn3)cc2)CC1. The zero-order valence-electron chi connectivity index (χ0n) is 14.4. The standard InChI is InChI=1S/C19H25N3O2/c1-3-24-19(23)12-15-4-6-16(7-5-15)17-8-10-18(11-9-17)22-13-14(2)20-21-22/h8-11,13,15-16H,3-7,12H2,1-2H3. The van der Waals surface area contributed by atoms with E-state index in [1.165, 1.54) is 5.56 Å². The van der Waals surface area contributed by atoms with Crippen molar-refractivity contribution in [2.75, 3.05) is 6.61 Å². The van der Waals surface area contributed by atoms with Gasteiger partial charge >= 0.3 is 5.97 Å². The Morgan fingerprint density at radius 3 is 2.50 bits per heavy atom. The second-order valence-electron chi connectivity index (χ2n) is 6.62. The molecule has 1 fully saturated rings. The van der Waals surface area contributed by atoms with Gasteiger partial charge in [0.2, 0.25) is 0 Å². The summed E-state index contributed by atoms with van der Waals surface area (Å²) in [7, 11) is 0. The summed E-state index contributed by atoms with van der Waals surface area (Å²) in [5.74, 6) is 1.03. The van der Waals surface area contributed by atoms with Crippen LogP contribution in [0.3, 0.4) is 0 Å². The average molecular weight is 327 g/mol. The third kappa shape index (κ3) is 4.02. The van der Waals surface area contributed by atoms with Crippen molar-refractivity contribution in [3.05, 3.63) is 41.7 Å². The molecule has 1 aliphatic rings. The molecule has 0 bridgehead atoms. The number of aromatic nitrogens is 3. The zero-order valence-corrected chi connectivity index (χ0v) is 14.4. The molecule has 24 heavy (non-hydrogen) atoms. The number of aryl methyl sites for hydroxylation is 1. The third-order valence-electron chi connectivity index (χ3n) is 4.84. The van der Waals surface area contributed by atoms with E-state index >= 15 is 0 Å². The van der Waals surface area contributed by atoms with E-state index in [4.69, 9.17) is 4.74 Å². The maximum absolute atomic E-state index is 11.6. The Morgan fingerprint density at radius 2 is 1.92 bits per heavy atom. The topological polar surface area (TPSA) is 57.0 Å². The predicted molar refractivity (Wildman–Crippen MR) is 92.0 cm³/mol. The van der Waals surface area contributed by atoms with Crippen molar-refractivity contribution in [3.8, 4) is 5.69 Å². The molecule has 0 unspecified atom stereocenters. The highest BCUT2D eigenvalue weighted by Crippen LogP contribution is 2.37. The summed E-state index contributed by atoms with van der Waals surface area (Å²) in [6, 6.07) is 8.60. The van der Waals surface area contributed by atoms with Gasteiger partial charge in [-0.25, -0.2) is 4.68 Å². The second kappa shape index (κ2) is 7.60. The molecule has 2 aromatic rings. The Balaban J connectivity index is 1.56. The molecule has 1 aliphatic carbocycles. The van der Waals surface area contributed by atoms with Gasteiger partial charge in [-0.2, -0.15) is 0 Å². The molecule has 0 spiro atoms. The highest BCUT2D eigenvalue weighted by Gasteiger charge is 2.24. The lowest BCUT2D eigenvalue weighted by Gasteiger charge is -2.28. The van der Waals surface area contributed by atoms with E-state index in [9.17, 15) is 4.79 Å².